The molecule has 0 atom stereocenters. The Kier molecular flexibility index (Phi) is 3.37. The van der Waals surface area contributed by atoms with Gasteiger partial charge in [-0.15, -0.1) is 5.10 Å². The molecule has 0 saturated carbocycles. The third-order valence-electron chi connectivity index (χ3n) is 3.30. The Bertz CT molecular complexity index is 899. The lowest BCUT2D eigenvalue weighted by atomic mass is 10.1. The number of nitriles is 1. The number of anilines is 1. The maximum Gasteiger partial charge on any atom is 0.251 e. The topological polar surface area (TPSA) is 103 Å². The number of fused-ring (bicyclic) bond motifs is 1. The van der Waals surface area contributed by atoms with Crippen molar-refractivity contribution < 1.29 is 4.74 Å². The van der Waals surface area contributed by atoms with Gasteiger partial charge in [-0.25, -0.2) is 14.6 Å². The molecule has 23 heavy (non-hydrogen) atoms. The Balaban J connectivity index is 2.11. The van der Waals surface area contributed by atoms with Crippen LogP contribution in [-0.4, -0.2) is 19.7 Å². The maximum atomic E-state index is 8.85. The minimum atomic E-state index is -0.286. The standard InChI is InChI=1S/C16H16N6O/c1-16(2,3)22-14-12(13(18)19-9-20-14)15(21-22)23-11-6-4-10(8-17)5-7-11/h4-7,9H,1-3H3,(H2,18,19,20). The van der Waals surface area contributed by atoms with Gasteiger partial charge in [-0.1, -0.05) is 0 Å². The molecule has 2 heterocycles. The van der Waals surface area contributed by atoms with Gasteiger partial charge in [0.2, 0.25) is 0 Å². The van der Waals surface area contributed by atoms with Gasteiger partial charge in [-0.2, -0.15) is 5.26 Å². The van der Waals surface area contributed by atoms with E-state index in [0.29, 0.717) is 34.0 Å². The molecule has 0 spiro atoms. The van der Waals surface area contributed by atoms with Crippen molar-refractivity contribution in [3.8, 4) is 17.7 Å². The molecule has 2 aromatic heterocycles. The van der Waals surface area contributed by atoms with Gasteiger partial charge in [0, 0.05) is 0 Å². The molecule has 116 valence electrons. The monoisotopic (exact) mass is 308 g/mol. The first-order valence-corrected chi connectivity index (χ1v) is 7.08. The zero-order valence-corrected chi connectivity index (χ0v) is 13.1. The number of nitrogen functional groups attached to an aromatic ring is 1. The molecule has 0 saturated heterocycles. The zero-order chi connectivity index (χ0) is 16.6. The van der Waals surface area contributed by atoms with E-state index in [4.69, 9.17) is 15.7 Å². The quantitative estimate of drug-likeness (QED) is 0.780. The molecule has 3 rings (SSSR count). The van der Waals surface area contributed by atoms with Gasteiger partial charge in [-0.05, 0) is 45.0 Å². The first-order chi connectivity index (χ1) is 10.9. The smallest absolute Gasteiger partial charge is 0.251 e. The molecular weight excluding hydrogens is 292 g/mol. The predicted octanol–water partition coefficient (Wildman–Crippen LogP) is 2.83. The summed E-state index contributed by atoms with van der Waals surface area (Å²) < 4.78 is 7.61. The van der Waals surface area contributed by atoms with Crippen LogP contribution < -0.4 is 10.5 Å². The molecule has 1 aromatic carbocycles. The summed E-state index contributed by atoms with van der Waals surface area (Å²) in [6.45, 7) is 6.05. The average Bonchev–Trinajstić information content (AvgIpc) is 2.88. The number of nitrogens with zero attached hydrogens (tertiary/aromatic N) is 5. The number of hydrogen-bond acceptors (Lipinski definition) is 6. The van der Waals surface area contributed by atoms with Crippen LogP contribution in [0.5, 0.6) is 11.6 Å². The zero-order valence-electron chi connectivity index (χ0n) is 13.1. The summed E-state index contributed by atoms with van der Waals surface area (Å²) in [5, 5.41) is 13.9. The van der Waals surface area contributed by atoms with Gasteiger partial charge >= 0.3 is 0 Å². The van der Waals surface area contributed by atoms with Crippen molar-refractivity contribution in [1.29, 1.82) is 5.26 Å². The number of benzene rings is 1. The fourth-order valence-corrected chi connectivity index (χ4v) is 2.19. The first kappa shape index (κ1) is 14.8. The van der Waals surface area contributed by atoms with Crippen LogP contribution in [-0.2, 0) is 5.54 Å². The Hall–Kier alpha value is -3.14. The molecular formula is C16H16N6O. The van der Waals surface area contributed by atoms with E-state index in [-0.39, 0.29) is 5.54 Å². The van der Waals surface area contributed by atoms with E-state index >= 15 is 0 Å². The lowest BCUT2D eigenvalue weighted by Crippen LogP contribution is -2.23. The summed E-state index contributed by atoms with van der Waals surface area (Å²) in [6, 6.07) is 8.84. The maximum absolute atomic E-state index is 8.85. The van der Waals surface area contributed by atoms with Crippen molar-refractivity contribution in [2.75, 3.05) is 5.73 Å². The Labute approximate surface area is 133 Å². The number of hydrogen-bond donors (Lipinski definition) is 1. The SMILES string of the molecule is CC(C)(C)n1nc(Oc2ccc(C#N)cc2)c2c(N)ncnc21. The normalized spacial score (nSPS) is 11.4. The van der Waals surface area contributed by atoms with Crippen LogP contribution in [0.2, 0.25) is 0 Å². The van der Waals surface area contributed by atoms with Crippen molar-refractivity contribution in [3.63, 3.8) is 0 Å². The molecule has 0 bridgehead atoms. The molecule has 0 radical (unpaired) electrons. The largest absolute Gasteiger partial charge is 0.437 e. The molecule has 0 fully saturated rings. The lowest BCUT2D eigenvalue weighted by Gasteiger charge is -2.19. The van der Waals surface area contributed by atoms with E-state index in [0.717, 1.165) is 0 Å². The van der Waals surface area contributed by atoms with Crippen LogP contribution in [0.4, 0.5) is 5.82 Å². The molecule has 0 aliphatic rings. The van der Waals surface area contributed by atoms with Gasteiger partial charge in [0.05, 0.1) is 17.2 Å². The van der Waals surface area contributed by atoms with Gasteiger partial charge in [-0.3, -0.25) is 0 Å². The van der Waals surface area contributed by atoms with Gasteiger partial charge in [0.15, 0.2) is 5.65 Å². The molecule has 0 aliphatic heterocycles. The van der Waals surface area contributed by atoms with Crippen LogP contribution in [0, 0.1) is 11.3 Å². The highest BCUT2D eigenvalue weighted by Crippen LogP contribution is 2.33. The third kappa shape index (κ3) is 2.66. The Morgan fingerprint density at radius 3 is 2.48 bits per heavy atom. The highest BCUT2D eigenvalue weighted by molar-refractivity contribution is 5.91. The third-order valence-corrected chi connectivity index (χ3v) is 3.30. The average molecular weight is 308 g/mol. The van der Waals surface area contributed by atoms with Crippen molar-refractivity contribution in [2.24, 2.45) is 0 Å². The van der Waals surface area contributed by atoms with E-state index in [1.165, 1.54) is 6.33 Å². The van der Waals surface area contributed by atoms with E-state index in [1.54, 1.807) is 28.9 Å². The van der Waals surface area contributed by atoms with Crippen LogP contribution in [0.25, 0.3) is 11.0 Å². The van der Waals surface area contributed by atoms with Gasteiger partial charge < -0.3 is 10.5 Å². The number of ether oxygens (including phenoxy) is 1. The molecule has 0 amide bonds. The Morgan fingerprint density at radius 2 is 1.87 bits per heavy atom. The molecule has 7 heteroatoms. The second-order valence-corrected chi connectivity index (χ2v) is 6.08. The highest BCUT2D eigenvalue weighted by Gasteiger charge is 2.24. The molecule has 0 aliphatic carbocycles. The van der Waals surface area contributed by atoms with Crippen LogP contribution in [0.3, 0.4) is 0 Å². The van der Waals surface area contributed by atoms with Crippen molar-refractivity contribution in [1.82, 2.24) is 19.7 Å². The predicted molar refractivity (Wildman–Crippen MR) is 86.0 cm³/mol. The molecule has 3 aromatic rings. The first-order valence-electron chi connectivity index (χ1n) is 7.08. The number of nitrogens with two attached hydrogens (primary N) is 1. The van der Waals surface area contributed by atoms with Crippen LogP contribution in [0.15, 0.2) is 30.6 Å². The van der Waals surface area contributed by atoms with Crippen molar-refractivity contribution >= 4 is 16.9 Å². The number of aromatic nitrogens is 4. The Morgan fingerprint density at radius 1 is 1.17 bits per heavy atom. The fraction of sp³-hybridized carbons (Fsp3) is 0.250. The highest BCUT2D eigenvalue weighted by atomic mass is 16.5. The molecule has 7 nitrogen and oxygen atoms in total. The van der Waals surface area contributed by atoms with Crippen LogP contribution in [0.1, 0.15) is 26.3 Å². The van der Waals surface area contributed by atoms with E-state index in [2.05, 4.69) is 21.1 Å². The summed E-state index contributed by atoms with van der Waals surface area (Å²) in [5.74, 6) is 1.22. The van der Waals surface area contributed by atoms with Crippen LogP contribution >= 0.6 is 0 Å². The van der Waals surface area contributed by atoms with Gasteiger partial charge in [0.1, 0.15) is 23.3 Å². The minimum absolute atomic E-state index is 0.286. The molecule has 0 unspecified atom stereocenters. The summed E-state index contributed by atoms with van der Waals surface area (Å²) in [6.07, 6.45) is 1.41. The van der Waals surface area contributed by atoms with Crippen molar-refractivity contribution in [3.05, 3.63) is 36.2 Å². The summed E-state index contributed by atoms with van der Waals surface area (Å²) in [7, 11) is 0. The number of rotatable bonds is 2. The van der Waals surface area contributed by atoms with E-state index in [1.807, 2.05) is 20.8 Å². The fourth-order valence-electron chi connectivity index (χ4n) is 2.19. The summed E-state index contributed by atoms with van der Waals surface area (Å²) in [4.78, 5) is 8.31. The van der Waals surface area contributed by atoms with Crippen molar-refractivity contribution in [2.45, 2.75) is 26.3 Å². The lowest BCUT2D eigenvalue weighted by molar-refractivity contribution is 0.349. The van der Waals surface area contributed by atoms with Gasteiger partial charge in [0.25, 0.3) is 5.88 Å². The molecule has 2 N–H and O–H groups in total. The second kappa shape index (κ2) is 5.25. The minimum Gasteiger partial charge on any atom is -0.437 e. The van der Waals surface area contributed by atoms with E-state index in [9.17, 15) is 0 Å². The van der Waals surface area contributed by atoms with E-state index < -0.39 is 0 Å². The summed E-state index contributed by atoms with van der Waals surface area (Å²) >= 11 is 0. The summed E-state index contributed by atoms with van der Waals surface area (Å²) in [5.41, 5.74) is 6.88. The second-order valence-electron chi connectivity index (χ2n) is 6.08.